The van der Waals surface area contributed by atoms with E-state index in [0.717, 1.165) is 12.1 Å². The number of alkyl halides is 2. The Morgan fingerprint density at radius 1 is 1.18 bits per heavy atom. The van der Waals surface area contributed by atoms with Crippen LogP contribution in [-0.4, -0.2) is 9.97 Å². The molecule has 0 bridgehead atoms. The summed E-state index contributed by atoms with van der Waals surface area (Å²) in [6.45, 7) is 0. The first-order chi connectivity index (χ1) is 8.16. The Morgan fingerprint density at radius 2 is 2.00 bits per heavy atom. The lowest BCUT2D eigenvalue weighted by Gasteiger charge is -2.05. The van der Waals surface area contributed by atoms with Gasteiger partial charge >= 0.3 is 0 Å². The highest BCUT2D eigenvalue weighted by atomic mass is 19.3. The molecule has 1 aromatic carbocycles. The molecule has 0 aliphatic carbocycles. The van der Waals surface area contributed by atoms with Crippen LogP contribution in [0.25, 0.3) is 0 Å². The molecule has 0 unspecified atom stereocenters. The second kappa shape index (κ2) is 4.95. The average Bonchev–Trinajstić information content (AvgIpc) is 2.32. The second-order valence-corrected chi connectivity index (χ2v) is 3.53. The lowest BCUT2D eigenvalue weighted by molar-refractivity contribution is 0.146. The van der Waals surface area contributed by atoms with E-state index in [9.17, 15) is 13.2 Å². The Kier molecular flexibility index (Phi) is 3.37. The van der Waals surface area contributed by atoms with E-state index in [1.54, 1.807) is 6.20 Å². The molecule has 0 saturated heterocycles. The van der Waals surface area contributed by atoms with Gasteiger partial charge in [-0.1, -0.05) is 6.07 Å². The van der Waals surface area contributed by atoms with E-state index in [0.29, 0.717) is 17.7 Å². The number of hydrogen-bond donors (Lipinski definition) is 0. The fourth-order valence-corrected chi connectivity index (χ4v) is 1.50. The molecule has 0 N–H and O–H groups in total. The summed E-state index contributed by atoms with van der Waals surface area (Å²) in [5.74, 6) is -0.886. The topological polar surface area (TPSA) is 25.8 Å². The fourth-order valence-electron chi connectivity index (χ4n) is 1.50. The molecular formula is C12H9F3N2. The van der Waals surface area contributed by atoms with Gasteiger partial charge in [-0.2, -0.15) is 0 Å². The summed E-state index contributed by atoms with van der Waals surface area (Å²) in [7, 11) is 0. The highest BCUT2D eigenvalue weighted by Crippen LogP contribution is 2.23. The van der Waals surface area contributed by atoms with Gasteiger partial charge in [-0.05, 0) is 17.7 Å². The third-order valence-corrected chi connectivity index (χ3v) is 2.30. The highest BCUT2D eigenvalue weighted by molar-refractivity contribution is 5.28. The first-order valence-electron chi connectivity index (χ1n) is 4.98. The van der Waals surface area contributed by atoms with Crippen molar-refractivity contribution < 1.29 is 13.2 Å². The number of nitrogens with zero attached hydrogens (tertiary/aromatic N) is 2. The molecule has 0 saturated carbocycles. The molecule has 1 aromatic heterocycles. The van der Waals surface area contributed by atoms with E-state index in [1.807, 2.05) is 0 Å². The average molecular weight is 238 g/mol. The third-order valence-electron chi connectivity index (χ3n) is 2.30. The molecule has 88 valence electrons. The zero-order valence-electron chi connectivity index (χ0n) is 8.78. The van der Waals surface area contributed by atoms with Gasteiger partial charge in [-0.25, -0.2) is 13.2 Å². The molecule has 2 nitrogen and oxygen atoms in total. The third kappa shape index (κ3) is 2.81. The standard InChI is InChI=1S/C12H9F3N2/c13-11-2-1-8(6-10(11)12(14)15)5-9-7-16-3-4-17-9/h1-4,6-7,12H,5H2. The molecule has 0 spiro atoms. The monoisotopic (exact) mass is 238 g/mol. The lowest BCUT2D eigenvalue weighted by atomic mass is 10.1. The van der Waals surface area contributed by atoms with Crippen molar-refractivity contribution in [1.82, 2.24) is 9.97 Å². The molecule has 5 heteroatoms. The molecule has 1 heterocycles. The van der Waals surface area contributed by atoms with Gasteiger partial charge in [0.2, 0.25) is 0 Å². The van der Waals surface area contributed by atoms with Gasteiger partial charge in [0.15, 0.2) is 0 Å². The second-order valence-electron chi connectivity index (χ2n) is 3.53. The minimum absolute atomic E-state index is 0.355. The number of halogens is 3. The Bertz CT molecular complexity index is 500. The van der Waals surface area contributed by atoms with Crippen molar-refractivity contribution in [3.63, 3.8) is 0 Å². The molecule has 0 radical (unpaired) electrons. The largest absolute Gasteiger partial charge is 0.266 e. The Morgan fingerprint density at radius 3 is 2.65 bits per heavy atom. The lowest BCUT2D eigenvalue weighted by Crippen LogP contribution is -1.96. The van der Waals surface area contributed by atoms with Crippen molar-refractivity contribution >= 4 is 0 Å². The molecule has 0 atom stereocenters. The maximum atomic E-state index is 13.1. The van der Waals surface area contributed by atoms with Crippen LogP contribution >= 0.6 is 0 Å². The van der Waals surface area contributed by atoms with Crippen LogP contribution in [0.4, 0.5) is 13.2 Å². The van der Waals surface area contributed by atoms with Crippen LogP contribution in [0.5, 0.6) is 0 Å². The number of hydrogen-bond acceptors (Lipinski definition) is 2. The summed E-state index contributed by atoms with van der Waals surface area (Å²) >= 11 is 0. The highest BCUT2D eigenvalue weighted by Gasteiger charge is 2.13. The molecule has 2 aromatic rings. The molecule has 0 aliphatic rings. The van der Waals surface area contributed by atoms with Crippen LogP contribution in [0.2, 0.25) is 0 Å². The van der Waals surface area contributed by atoms with E-state index >= 15 is 0 Å². The van der Waals surface area contributed by atoms with Crippen LogP contribution in [-0.2, 0) is 6.42 Å². The predicted molar refractivity (Wildman–Crippen MR) is 56.2 cm³/mol. The van der Waals surface area contributed by atoms with Crippen LogP contribution in [0, 0.1) is 5.82 Å². The summed E-state index contributed by atoms with van der Waals surface area (Å²) < 4.78 is 38.0. The smallest absolute Gasteiger partial charge is 0.261 e. The summed E-state index contributed by atoms with van der Waals surface area (Å²) in [5, 5.41) is 0. The Labute approximate surface area is 96.2 Å². The Balaban J connectivity index is 2.26. The predicted octanol–water partition coefficient (Wildman–Crippen LogP) is 3.14. The maximum Gasteiger partial charge on any atom is 0.266 e. The normalized spacial score (nSPS) is 10.8. The van der Waals surface area contributed by atoms with Crippen LogP contribution in [0.15, 0.2) is 36.8 Å². The first-order valence-corrected chi connectivity index (χ1v) is 4.98. The zero-order chi connectivity index (χ0) is 12.3. The van der Waals surface area contributed by atoms with Gasteiger partial charge < -0.3 is 0 Å². The van der Waals surface area contributed by atoms with E-state index in [2.05, 4.69) is 9.97 Å². The van der Waals surface area contributed by atoms with Gasteiger partial charge in [-0.3, -0.25) is 9.97 Å². The molecule has 0 fully saturated rings. The van der Waals surface area contributed by atoms with Gasteiger partial charge in [0.1, 0.15) is 5.82 Å². The minimum Gasteiger partial charge on any atom is -0.261 e. The van der Waals surface area contributed by atoms with Crippen molar-refractivity contribution in [2.45, 2.75) is 12.8 Å². The molecule has 0 amide bonds. The first kappa shape index (κ1) is 11.6. The summed E-state index contributed by atoms with van der Waals surface area (Å²) in [5.41, 5.74) is 0.660. The molecule has 17 heavy (non-hydrogen) atoms. The number of aromatic nitrogens is 2. The summed E-state index contributed by atoms with van der Waals surface area (Å²) in [6, 6.07) is 3.68. The summed E-state index contributed by atoms with van der Waals surface area (Å²) in [6.07, 6.45) is 2.14. The van der Waals surface area contributed by atoms with E-state index in [1.165, 1.54) is 18.5 Å². The van der Waals surface area contributed by atoms with Crippen molar-refractivity contribution in [2.75, 3.05) is 0 Å². The van der Waals surface area contributed by atoms with E-state index < -0.39 is 17.8 Å². The van der Waals surface area contributed by atoms with Crippen molar-refractivity contribution in [2.24, 2.45) is 0 Å². The Hall–Kier alpha value is -1.91. The molecule has 0 aliphatic heterocycles. The van der Waals surface area contributed by atoms with Gasteiger partial charge in [0.05, 0.1) is 11.3 Å². The van der Waals surface area contributed by atoms with Crippen molar-refractivity contribution in [3.8, 4) is 0 Å². The minimum atomic E-state index is -2.81. The fraction of sp³-hybridized carbons (Fsp3) is 0.167. The SMILES string of the molecule is Fc1ccc(Cc2cnccn2)cc1C(F)F. The zero-order valence-corrected chi connectivity index (χ0v) is 8.78. The number of benzene rings is 1. The van der Waals surface area contributed by atoms with Gasteiger partial charge in [-0.15, -0.1) is 0 Å². The van der Waals surface area contributed by atoms with Crippen LogP contribution in [0.3, 0.4) is 0 Å². The summed E-state index contributed by atoms with van der Waals surface area (Å²) in [4.78, 5) is 7.90. The molecule has 2 rings (SSSR count). The maximum absolute atomic E-state index is 13.1. The van der Waals surface area contributed by atoms with Crippen molar-refractivity contribution in [3.05, 3.63) is 59.4 Å². The van der Waals surface area contributed by atoms with Gasteiger partial charge in [0.25, 0.3) is 6.43 Å². The van der Waals surface area contributed by atoms with E-state index in [4.69, 9.17) is 0 Å². The number of rotatable bonds is 3. The quantitative estimate of drug-likeness (QED) is 0.820. The van der Waals surface area contributed by atoms with Crippen LogP contribution in [0.1, 0.15) is 23.2 Å². The molecular weight excluding hydrogens is 229 g/mol. The van der Waals surface area contributed by atoms with E-state index in [-0.39, 0.29) is 0 Å². The van der Waals surface area contributed by atoms with Crippen LogP contribution < -0.4 is 0 Å². The van der Waals surface area contributed by atoms with Gasteiger partial charge in [0, 0.05) is 25.0 Å². The van der Waals surface area contributed by atoms with Crippen molar-refractivity contribution in [1.29, 1.82) is 0 Å².